The van der Waals surface area contributed by atoms with Crippen molar-refractivity contribution in [3.05, 3.63) is 34.9 Å². The molecule has 2 atom stereocenters. The van der Waals surface area contributed by atoms with Crippen molar-refractivity contribution in [2.45, 2.75) is 58.5 Å². The van der Waals surface area contributed by atoms with E-state index in [2.05, 4.69) is 29.6 Å². The number of halogens is 1. The molecule has 2 N–H and O–H groups in total. The Hall–Kier alpha value is -1.14. The molecule has 1 aromatic carbocycles. The second-order valence-electron chi connectivity index (χ2n) is 8.68. The van der Waals surface area contributed by atoms with Gasteiger partial charge in [-0.25, -0.2) is 0 Å². The second-order valence-corrected chi connectivity index (χ2v) is 9.11. The van der Waals surface area contributed by atoms with Gasteiger partial charge in [-0.1, -0.05) is 37.6 Å². The maximum Gasteiger partial charge on any atom is 0.312 e. The number of carbonyl (C=O) groups is 1. The van der Waals surface area contributed by atoms with Crippen molar-refractivity contribution in [1.82, 2.24) is 15.8 Å². The summed E-state index contributed by atoms with van der Waals surface area (Å²) in [6.45, 7) is 9.70. The van der Waals surface area contributed by atoms with E-state index in [1.165, 1.54) is 0 Å². The minimum absolute atomic E-state index is 0.0508. The number of likely N-dealkylation sites (tertiary alicyclic amines) is 1. The number of piperidine rings is 1. The summed E-state index contributed by atoms with van der Waals surface area (Å²) >= 11 is 6.02. The minimum atomic E-state index is -0.428. The van der Waals surface area contributed by atoms with Crippen LogP contribution in [0, 0.1) is 11.3 Å². The molecule has 0 bridgehead atoms. The Morgan fingerprint density at radius 1 is 1.25 bits per heavy atom. The van der Waals surface area contributed by atoms with Crippen molar-refractivity contribution in [2.75, 3.05) is 26.2 Å². The monoisotopic (exact) mass is 407 g/mol. The van der Waals surface area contributed by atoms with E-state index in [1.54, 1.807) is 0 Å². The van der Waals surface area contributed by atoms with Crippen LogP contribution in [0.4, 0.5) is 0 Å². The van der Waals surface area contributed by atoms with E-state index in [1.807, 2.05) is 31.2 Å². The van der Waals surface area contributed by atoms with E-state index >= 15 is 0 Å². The van der Waals surface area contributed by atoms with E-state index < -0.39 is 5.41 Å². The molecule has 0 amide bonds. The SMILES string of the molecule is CCOC(=O)C1(Cc2ccc(Cl)cc2)CCN(CC2CC(C(C)C)NN2)CC1. The van der Waals surface area contributed by atoms with Crippen LogP contribution < -0.4 is 10.9 Å². The van der Waals surface area contributed by atoms with Crippen LogP contribution in [0.5, 0.6) is 0 Å². The summed E-state index contributed by atoms with van der Waals surface area (Å²) in [5.74, 6) is 0.583. The smallest absolute Gasteiger partial charge is 0.312 e. The molecule has 2 fully saturated rings. The molecule has 156 valence electrons. The molecule has 2 heterocycles. The molecule has 0 saturated carbocycles. The van der Waals surface area contributed by atoms with Gasteiger partial charge < -0.3 is 9.64 Å². The van der Waals surface area contributed by atoms with Crippen molar-refractivity contribution in [3.8, 4) is 0 Å². The number of nitrogens with one attached hydrogen (secondary N) is 2. The molecule has 2 saturated heterocycles. The second kappa shape index (κ2) is 9.57. The number of nitrogens with zero attached hydrogens (tertiary/aromatic N) is 1. The van der Waals surface area contributed by atoms with E-state index in [9.17, 15) is 4.79 Å². The number of carbonyl (C=O) groups excluding carboxylic acids is 1. The fourth-order valence-electron chi connectivity index (χ4n) is 4.41. The van der Waals surface area contributed by atoms with E-state index in [4.69, 9.17) is 16.3 Å². The number of ether oxygens (including phenoxy) is 1. The fourth-order valence-corrected chi connectivity index (χ4v) is 4.54. The highest BCUT2D eigenvalue weighted by molar-refractivity contribution is 6.30. The molecule has 0 radical (unpaired) electrons. The molecule has 2 aliphatic rings. The number of rotatable bonds is 7. The van der Waals surface area contributed by atoms with Crippen LogP contribution in [0.1, 0.15) is 45.6 Å². The van der Waals surface area contributed by atoms with Crippen LogP contribution in [-0.4, -0.2) is 49.2 Å². The third-order valence-corrected chi connectivity index (χ3v) is 6.52. The number of esters is 1. The predicted octanol–water partition coefficient (Wildman–Crippen LogP) is 3.42. The first-order chi connectivity index (χ1) is 13.4. The molecule has 0 aromatic heterocycles. The number of hydrazine groups is 1. The summed E-state index contributed by atoms with van der Waals surface area (Å²) in [6.07, 6.45) is 3.54. The molecule has 5 nitrogen and oxygen atoms in total. The molecular weight excluding hydrogens is 374 g/mol. The van der Waals surface area contributed by atoms with Gasteiger partial charge in [0, 0.05) is 23.7 Å². The number of hydrogen-bond donors (Lipinski definition) is 2. The average Bonchev–Trinajstić information content (AvgIpc) is 3.14. The van der Waals surface area contributed by atoms with Crippen molar-refractivity contribution in [3.63, 3.8) is 0 Å². The predicted molar refractivity (Wildman–Crippen MR) is 113 cm³/mol. The van der Waals surface area contributed by atoms with Gasteiger partial charge in [0.15, 0.2) is 0 Å². The van der Waals surface area contributed by atoms with Crippen molar-refractivity contribution >= 4 is 17.6 Å². The highest BCUT2D eigenvalue weighted by atomic mass is 35.5. The molecule has 3 rings (SSSR count). The molecule has 28 heavy (non-hydrogen) atoms. The van der Waals surface area contributed by atoms with Crippen LogP contribution in [0.3, 0.4) is 0 Å². The lowest BCUT2D eigenvalue weighted by molar-refractivity contribution is -0.158. The number of hydrogen-bond acceptors (Lipinski definition) is 5. The van der Waals surface area contributed by atoms with E-state index in [0.717, 1.165) is 55.9 Å². The normalized spacial score (nSPS) is 25.2. The van der Waals surface area contributed by atoms with E-state index in [-0.39, 0.29) is 5.97 Å². The molecule has 2 aliphatic heterocycles. The summed E-state index contributed by atoms with van der Waals surface area (Å²) in [5.41, 5.74) is 7.59. The molecule has 0 spiro atoms. The highest BCUT2D eigenvalue weighted by Crippen LogP contribution is 2.37. The first kappa shape index (κ1) is 21.6. The Morgan fingerprint density at radius 3 is 2.50 bits per heavy atom. The number of benzene rings is 1. The van der Waals surface area contributed by atoms with Gasteiger partial charge in [-0.2, -0.15) is 0 Å². The highest BCUT2D eigenvalue weighted by Gasteiger charge is 2.43. The van der Waals surface area contributed by atoms with Gasteiger partial charge in [-0.15, -0.1) is 0 Å². The largest absolute Gasteiger partial charge is 0.466 e. The Kier molecular flexibility index (Phi) is 7.37. The maximum absolute atomic E-state index is 12.9. The third kappa shape index (κ3) is 5.26. The van der Waals surface area contributed by atoms with Crippen LogP contribution in [0.25, 0.3) is 0 Å². The van der Waals surface area contributed by atoms with Crippen molar-refractivity contribution in [2.24, 2.45) is 11.3 Å². The zero-order chi connectivity index (χ0) is 20.1. The summed E-state index contributed by atoms with van der Waals surface area (Å²) in [6, 6.07) is 8.85. The summed E-state index contributed by atoms with van der Waals surface area (Å²) < 4.78 is 5.48. The van der Waals surface area contributed by atoms with Crippen molar-refractivity contribution < 1.29 is 9.53 Å². The minimum Gasteiger partial charge on any atom is -0.466 e. The molecule has 1 aromatic rings. The van der Waals surface area contributed by atoms with Gasteiger partial charge in [-0.3, -0.25) is 15.6 Å². The van der Waals surface area contributed by atoms with Gasteiger partial charge in [-0.05, 0) is 69.3 Å². The zero-order valence-electron chi connectivity index (χ0n) is 17.3. The lowest BCUT2D eigenvalue weighted by atomic mass is 9.73. The lowest BCUT2D eigenvalue weighted by Crippen LogP contribution is -2.49. The van der Waals surface area contributed by atoms with Gasteiger partial charge in [0.1, 0.15) is 0 Å². The van der Waals surface area contributed by atoms with Gasteiger partial charge in [0.05, 0.1) is 12.0 Å². The molecule has 6 heteroatoms. The zero-order valence-corrected chi connectivity index (χ0v) is 18.1. The van der Waals surface area contributed by atoms with Crippen LogP contribution in [0.15, 0.2) is 24.3 Å². The Balaban J connectivity index is 1.60. The Labute approximate surface area is 174 Å². The van der Waals surface area contributed by atoms with Gasteiger partial charge in [0.25, 0.3) is 0 Å². The van der Waals surface area contributed by atoms with Crippen LogP contribution in [-0.2, 0) is 16.0 Å². The summed E-state index contributed by atoms with van der Waals surface area (Å²) in [4.78, 5) is 15.4. The average molecular weight is 408 g/mol. The maximum atomic E-state index is 12.9. The standard InChI is InChI=1S/C22H34ClN3O2/c1-4-28-21(27)22(14-17-5-7-18(23)8-6-17)9-11-26(12-10-22)15-19-13-20(16(2)3)25-24-19/h5-8,16,19-20,24-25H,4,9-15H2,1-3H3. The quantitative estimate of drug-likeness (QED) is 0.678. The summed E-state index contributed by atoms with van der Waals surface area (Å²) in [7, 11) is 0. The van der Waals surface area contributed by atoms with Crippen LogP contribution >= 0.6 is 11.6 Å². The lowest BCUT2D eigenvalue weighted by Gasteiger charge is -2.40. The first-order valence-corrected chi connectivity index (χ1v) is 10.9. The molecular formula is C22H34ClN3O2. The Bertz CT molecular complexity index is 642. The fraction of sp³-hybridized carbons (Fsp3) is 0.682. The Morgan fingerprint density at radius 2 is 1.93 bits per heavy atom. The molecule has 0 aliphatic carbocycles. The van der Waals surface area contributed by atoms with Gasteiger partial charge in [0.2, 0.25) is 0 Å². The van der Waals surface area contributed by atoms with Crippen molar-refractivity contribution in [1.29, 1.82) is 0 Å². The van der Waals surface area contributed by atoms with Crippen LogP contribution in [0.2, 0.25) is 5.02 Å². The third-order valence-electron chi connectivity index (χ3n) is 6.27. The summed E-state index contributed by atoms with van der Waals surface area (Å²) in [5, 5.41) is 0.723. The van der Waals surface area contributed by atoms with Gasteiger partial charge >= 0.3 is 5.97 Å². The van der Waals surface area contributed by atoms with E-state index in [0.29, 0.717) is 24.6 Å². The first-order valence-electron chi connectivity index (χ1n) is 10.6. The topological polar surface area (TPSA) is 53.6 Å². The molecule has 2 unspecified atom stereocenters.